The first-order chi connectivity index (χ1) is 8.76. The Kier molecular flexibility index (Phi) is 7.70. The fourth-order valence-electron chi connectivity index (χ4n) is 2.28. The number of nitrogens with zero attached hydrogens (tertiary/aromatic N) is 1. The largest absolute Gasteiger partial charge is 0.330 e. The van der Waals surface area contributed by atoms with Gasteiger partial charge in [-0.2, -0.15) is 0 Å². The van der Waals surface area contributed by atoms with Crippen LogP contribution in [0.15, 0.2) is 30.3 Å². The molecule has 2 N–H and O–H groups in total. The van der Waals surface area contributed by atoms with Crippen molar-refractivity contribution in [2.75, 3.05) is 19.6 Å². The third kappa shape index (κ3) is 6.18. The molecule has 18 heavy (non-hydrogen) atoms. The van der Waals surface area contributed by atoms with Crippen LogP contribution in [-0.4, -0.2) is 24.5 Å². The molecule has 2 heteroatoms. The molecule has 0 radical (unpaired) electrons. The van der Waals surface area contributed by atoms with E-state index in [-0.39, 0.29) is 0 Å². The molecule has 0 saturated heterocycles. The van der Waals surface area contributed by atoms with Crippen LogP contribution in [0, 0.1) is 5.92 Å². The highest BCUT2D eigenvalue weighted by atomic mass is 15.1. The van der Waals surface area contributed by atoms with E-state index in [1.165, 1.54) is 24.9 Å². The summed E-state index contributed by atoms with van der Waals surface area (Å²) in [7, 11) is 0. The maximum Gasteiger partial charge on any atom is 0.0233 e. The van der Waals surface area contributed by atoms with Crippen molar-refractivity contribution in [3.05, 3.63) is 35.9 Å². The number of benzene rings is 1. The summed E-state index contributed by atoms with van der Waals surface area (Å²) in [6, 6.07) is 10.7. The number of nitrogens with two attached hydrogens (primary N) is 1. The maximum absolute atomic E-state index is 5.58. The molecule has 0 aromatic heterocycles. The highest BCUT2D eigenvalue weighted by Crippen LogP contribution is 2.11. The van der Waals surface area contributed by atoms with Crippen LogP contribution in [0.25, 0.3) is 0 Å². The summed E-state index contributed by atoms with van der Waals surface area (Å²) < 4.78 is 0. The van der Waals surface area contributed by atoms with Gasteiger partial charge in [0.1, 0.15) is 0 Å². The Morgan fingerprint density at radius 3 is 2.50 bits per heavy atom. The molecular weight excluding hydrogens is 220 g/mol. The van der Waals surface area contributed by atoms with Crippen LogP contribution >= 0.6 is 0 Å². The molecule has 0 fully saturated rings. The predicted octanol–water partition coefficient (Wildman–Crippen LogP) is 3.27. The van der Waals surface area contributed by atoms with Gasteiger partial charge in [-0.05, 0) is 50.4 Å². The second-order valence-corrected chi connectivity index (χ2v) is 5.18. The molecule has 1 aromatic rings. The van der Waals surface area contributed by atoms with Crippen LogP contribution < -0.4 is 5.73 Å². The number of hydrogen-bond donors (Lipinski definition) is 1. The highest BCUT2D eigenvalue weighted by molar-refractivity contribution is 5.14. The van der Waals surface area contributed by atoms with Gasteiger partial charge in [0, 0.05) is 6.54 Å². The minimum absolute atomic E-state index is 0.769. The molecular formula is C16H28N2. The third-order valence-corrected chi connectivity index (χ3v) is 3.53. The van der Waals surface area contributed by atoms with E-state index < -0.39 is 0 Å². The molecule has 1 rings (SSSR count). The molecule has 102 valence electrons. The minimum atomic E-state index is 0.769. The molecule has 1 aromatic carbocycles. The summed E-state index contributed by atoms with van der Waals surface area (Å²) in [5.74, 6) is 0.769. The van der Waals surface area contributed by atoms with E-state index in [0.717, 1.165) is 32.0 Å². The van der Waals surface area contributed by atoms with Crippen LogP contribution in [0.3, 0.4) is 0 Å². The summed E-state index contributed by atoms with van der Waals surface area (Å²) in [5.41, 5.74) is 6.99. The van der Waals surface area contributed by atoms with Gasteiger partial charge in [0.2, 0.25) is 0 Å². The average Bonchev–Trinajstić information content (AvgIpc) is 2.39. The van der Waals surface area contributed by atoms with Crippen molar-refractivity contribution in [3.63, 3.8) is 0 Å². The zero-order valence-electron chi connectivity index (χ0n) is 11.9. The molecule has 1 atom stereocenters. The average molecular weight is 248 g/mol. The lowest BCUT2D eigenvalue weighted by Gasteiger charge is -2.21. The summed E-state index contributed by atoms with van der Waals surface area (Å²) in [6.45, 7) is 8.76. The van der Waals surface area contributed by atoms with E-state index in [2.05, 4.69) is 49.1 Å². The predicted molar refractivity (Wildman–Crippen MR) is 79.5 cm³/mol. The van der Waals surface area contributed by atoms with E-state index >= 15 is 0 Å². The lowest BCUT2D eigenvalue weighted by atomic mass is 10.0. The lowest BCUT2D eigenvalue weighted by molar-refractivity contribution is 0.265. The van der Waals surface area contributed by atoms with Crippen molar-refractivity contribution < 1.29 is 0 Å². The Labute approximate surface area is 112 Å². The second kappa shape index (κ2) is 9.12. The van der Waals surface area contributed by atoms with Crippen LogP contribution in [-0.2, 0) is 6.54 Å². The van der Waals surface area contributed by atoms with Crippen LogP contribution in [0.4, 0.5) is 0 Å². The first kappa shape index (κ1) is 15.2. The zero-order chi connectivity index (χ0) is 13.2. The molecule has 0 aliphatic heterocycles. The third-order valence-electron chi connectivity index (χ3n) is 3.53. The van der Waals surface area contributed by atoms with Crippen molar-refractivity contribution >= 4 is 0 Å². The van der Waals surface area contributed by atoms with E-state index in [1.54, 1.807) is 0 Å². The van der Waals surface area contributed by atoms with Crippen molar-refractivity contribution in [2.45, 2.75) is 39.7 Å². The second-order valence-electron chi connectivity index (χ2n) is 5.18. The monoisotopic (exact) mass is 248 g/mol. The first-order valence-corrected chi connectivity index (χ1v) is 7.22. The summed E-state index contributed by atoms with van der Waals surface area (Å²) >= 11 is 0. The van der Waals surface area contributed by atoms with E-state index in [9.17, 15) is 0 Å². The topological polar surface area (TPSA) is 29.3 Å². The Morgan fingerprint density at radius 1 is 1.17 bits per heavy atom. The van der Waals surface area contributed by atoms with Crippen LogP contribution in [0.5, 0.6) is 0 Å². The summed E-state index contributed by atoms with van der Waals surface area (Å²) in [4.78, 5) is 2.52. The van der Waals surface area contributed by atoms with Crippen molar-refractivity contribution in [1.29, 1.82) is 0 Å². The van der Waals surface area contributed by atoms with Crippen molar-refractivity contribution in [2.24, 2.45) is 11.7 Å². The SMILES string of the molecule is CCN(CCCC(C)CCN)Cc1ccccc1. The normalized spacial score (nSPS) is 12.9. The number of hydrogen-bond acceptors (Lipinski definition) is 2. The van der Waals surface area contributed by atoms with Gasteiger partial charge >= 0.3 is 0 Å². The summed E-state index contributed by atoms with van der Waals surface area (Å²) in [6.07, 6.45) is 3.73. The van der Waals surface area contributed by atoms with Gasteiger partial charge in [0.05, 0.1) is 0 Å². The fourth-order valence-corrected chi connectivity index (χ4v) is 2.28. The minimum Gasteiger partial charge on any atom is -0.330 e. The van der Waals surface area contributed by atoms with Gasteiger partial charge in [-0.3, -0.25) is 4.90 Å². The molecule has 0 spiro atoms. The Balaban J connectivity index is 2.25. The first-order valence-electron chi connectivity index (χ1n) is 7.22. The van der Waals surface area contributed by atoms with Gasteiger partial charge in [-0.25, -0.2) is 0 Å². The van der Waals surface area contributed by atoms with E-state index in [4.69, 9.17) is 5.73 Å². The van der Waals surface area contributed by atoms with Crippen LogP contribution in [0.1, 0.15) is 38.7 Å². The zero-order valence-corrected chi connectivity index (χ0v) is 11.9. The number of rotatable bonds is 9. The molecule has 0 aliphatic carbocycles. The molecule has 0 aliphatic rings. The molecule has 1 unspecified atom stereocenters. The van der Waals surface area contributed by atoms with Gasteiger partial charge in [-0.15, -0.1) is 0 Å². The Morgan fingerprint density at radius 2 is 1.89 bits per heavy atom. The lowest BCUT2D eigenvalue weighted by Crippen LogP contribution is -2.24. The van der Waals surface area contributed by atoms with E-state index in [1.807, 2.05) is 0 Å². The molecule has 0 saturated carbocycles. The van der Waals surface area contributed by atoms with Crippen molar-refractivity contribution in [3.8, 4) is 0 Å². The van der Waals surface area contributed by atoms with Crippen molar-refractivity contribution in [1.82, 2.24) is 4.90 Å². The van der Waals surface area contributed by atoms with Gasteiger partial charge < -0.3 is 5.73 Å². The molecule has 0 bridgehead atoms. The van der Waals surface area contributed by atoms with Gasteiger partial charge in [-0.1, -0.05) is 44.2 Å². The van der Waals surface area contributed by atoms with Crippen LogP contribution in [0.2, 0.25) is 0 Å². The maximum atomic E-state index is 5.58. The standard InChI is InChI=1S/C16H28N2/c1-3-18(13-7-8-15(2)11-12-17)14-16-9-5-4-6-10-16/h4-6,9-10,15H,3,7-8,11-14,17H2,1-2H3. The Hall–Kier alpha value is -0.860. The van der Waals surface area contributed by atoms with E-state index in [0.29, 0.717) is 0 Å². The van der Waals surface area contributed by atoms with Gasteiger partial charge in [0.15, 0.2) is 0 Å². The highest BCUT2D eigenvalue weighted by Gasteiger charge is 2.05. The molecule has 2 nitrogen and oxygen atoms in total. The Bertz CT molecular complexity index is 297. The molecule has 0 amide bonds. The molecule has 0 heterocycles. The smallest absolute Gasteiger partial charge is 0.0233 e. The quantitative estimate of drug-likeness (QED) is 0.726. The fraction of sp³-hybridized carbons (Fsp3) is 0.625. The summed E-state index contributed by atoms with van der Waals surface area (Å²) in [5, 5.41) is 0. The van der Waals surface area contributed by atoms with Gasteiger partial charge in [0.25, 0.3) is 0 Å².